The third-order valence-electron chi connectivity index (χ3n) is 3.28. The molecule has 0 radical (unpaired) electrons. The quantitative estimate of drug-likeness (QED) is 0.756. The second-order valence-corrected chi connectivity index (χ2v) is 4.92. The highest BCUT2D eigenvalue weighted by Crippen LogP contribution is 2.15. The highest BCUT2D eigenvalue weighted by Gasteiger charge is 2.05. The van der Waals surface area contributed by atoms with Gasteiger partial charge in [-0.15, -0.1) is 12.4 Å². The van der Waals surface area contributed by atoms with Crippen LogP contribution < -0.4 is 0 Å². The summed E-state index contributed by atoms with van der Waals surface area (Å²) in [5.74, 6) is 2.08. The second kappa shape index (κ2) is 9.15. The van der Waals surface area contributed by atoms with Crippen LogP contribution in [-0.4, -0.2) is 24.4 Å². The molecule has 2 aromatic rings. The number of carbonyl (C=O) groups excluding carboxylic acids is 1. The molecular weight excluding hydrogens is 282 g/mol. The minimum Gasteiger partial charge on any atom is -0.302 e. The lowest BCUT2D eigenvalue weighted by molar-refractivity contribution is 0.335. The van der Waals surface area contributed by atoms with Crippen molar-refractivity contribution in [3.63, 3.8) is 0 Å². The van der Waals surface area contributed by atoms with Gasteiger partial charge in [0.2, 0.25) is 0 Å². The zero-order chi connectivity index (χ0) is 14.2. The molecule has 2 rings (SSSR count). The predicted molar refractivity (Wildman–Crippen MR) is 90.2 cm³/mol. The highest BCUT2D eigenvalue weighted by molar-refractivity contribution is 5.87. The lowest BCUT2D eigenvalue weighted by atomic mass is 10.0. The standard InChI is InChI=1S/C18H19NO.ClH/c1-19(14-16-8-4-2-5-9-16)13-12-18(15-20)17-10-6-3-7-11-17;/h2-11H,12-14H2,1H3;1H. The summed E-state index contributed by atoms with van der Waals surface area (Å²) in [6.07, 6.45) is 0.719. The van der Waals surface area contributed by atoms with Crippen molar-refractivity contribution in [1.82, 2.24) is 4.90 Å². The Morgan fingerprint density at radius 1 is 1.00 bits per heavy atom. The molecule has 0 unspecified atom stereocenters. The average Bonchev–Trinajstić information content (AvgIpc) is 2.50. The molecule has 0 fully saturated rings. The maximum atomic E-state index is 11.1. The summed E-state index contributed by atoms with van der Waals surface area (Å²) >= 11 is 0. The van der Waals surface area contributed by atoms with Gasteiger partial charge in [0.25, 0.3) is 0 Å². The number of hydrogen-bond acceptors (Lipinski definition) is 2. The van der Waals surface area contributed by atoms with E-state index >= 15 is 0 Å². The zero-order valence-electron chi connectivity index (χ0n) is 12.2. The van der Waals surface area contributed by atoms with E-state index in [9.17, 15) is 4.79 Å². The van der Waals surface area contributed by atoms with Crippen LogP contribution in [0.2, 0.25) is 0 Å². The lowest BCUT2D eigenvalue weighted by Gasteiger charge is -2.16. The van der Waals surface area contributed by atoms with Gasteiger partial charge in [0, 0.05) is 18.7 Å². The van der Waals surface area contributed by atoms with E-state index in [4.69, 9.17) is 0 Å². The van der Waals surface area contributed by atoms with Gasteiger partial charge in [-0.05, 0) is 24.6 Å². The fraction of sp³-hybridized carbons (Fsp3) is 0.222. The van der Waals surface area contributed by atoms with E-state index in [1.54, 1.807) is 0 Å². The van der Waals surface area contributed by atoms with Crippen LogP contribution in [0, 0.1) is 0 Å². The molecule has 0 bridgehead atoms. The normalized spacial score (nSPS) is 9.81. The van der Waals surface area contributed by atoms with Gasteiger partial charge in [-0.3, -0.25) is 0 Å². The Balaban J connectivity index is 0.00000220. The van der Waals surface area contributed by atoms with Crippen molar-refractivity contribution >= 4 is 23.9 Å². The SMILES string of the molecule is CN(CCC(=C=O)c1ccccc1)Cc1ccccc1.Cl. The number of hydrogen-bond donors (Lipinski definition) is 0. The van der Waals surface area contributed by atoms with E-state index in [2.05, 4.69) is 30.0 Å². The van der Waals surface area contributed by atoms with Crippen LogP contribution in [0.4, 0.5) is 0 Å². The van der Waals surface area contributed by atoms with Crippen molar-refractivity contribution in [2.24, 2.45) is 0 Å². The molecule has 0 spiro atoms. The lowest BCUT2D eigenvalue weighted by Crippen LogP contribution is -2.19. The Morgan fingerprint density at radius 2 is 1.57 bits per heavy atom. The summed E-state index contributed by atoms with van der Waals surface area (Å²) in [7, 11) is 2.07. The van der Waals surface area contributed by atoms with E-state index in [1.807, 2.05) is 48.5 Å². The summed E-state index contributed by atoms with van der Waals surface area (Å²) in [5.41, 5.74) is 2.99. The van der Waals surface area contributed by atoms with Gasteiger partial charge in [-0.1, -0.05) is 60.7 Å². The summed E-state index contributed by atoms with van der Waals surface area (Å²) in [4.78, 5) is 13.3. The minimum atomic E-state index is 0. The Bertz CT molecular complexity index is 577. The fourth-order valence-corrected chi connectivity index (χ4v) is 2.17. The van der Waals surface area contributed by atoms with Crippen molar-refractivity contribution in [2.75, 3.05) is 13.6 Å². The van der Waals surface area contributed by atoms with Gasteiger partial charge in [0.05, 0.1) is 0 Å². The number of benzene rings is 2. The van der Waals surface area contributed by atoms with Gasteiger partial charge in [0.1, 0.15) is 5.94 Å². The van der Waals surface area contributed by atoms with Crippen molar-refractivity contribution in [3.8, 4) is 0 Å². The monoisotopic (exact) mass is 301 g/mol. The van der Waals surface area contributed by atoms with Crippen LogP contribution >= 0.6 is 12.4 Å². The van der Waals surface area contributed by atoms with Crippen molar-refractivity contribution in [3.05, 3.63) is 71.8 Å². The Labute approximate surface area is 132 Å². The summed E-state index contributed by atoms with van der Waals surface area (Å²) in [6.45, 7) is 1.73. The smallest absolute Gasteiger partial charge is 0.128 e. The molecule has 0 heterocycles. The molecule has 0 aliphatic heterocycles. The van der Waals surface area contributed by atoms with E-state index < -0.39 is 0 Å². The van der Waals surface area contributed by atoms with Crippen LogP contribution in [-0.2, 0) is 11.3 Å². The number of nitrogens with zero attached hydrogens (tertiary/aromatic N) is 1. The maximum absolute atomic E-state index is 11.1. The molecule has 110 valence electrons. The van der Waals surface area contributed by atoms with Crippen LogP contribution in [0.5, 0.6) is 0 Å². The van der Waals surface area contributed by atoms with Crippen LogP contribution in [0.1, 0.15) is 17.5 Å². The first-order chi connectivity index (χ1) is 9.79. The molecule has 0 N–H and O–H groups in total. The Morgan fingerprint density at radius 3 is 2.14 bits per heavy atom. The largest absolute Gasteiger partial charge is 0.302 e. The number of rotatable bonds is 6. The van der Waals surface area contributed by atoms with Gasteiger partial charge >= 0.3 is 0 Å². The molecule has 0 aromatic heterocycles. The van der Waals surface area contributed by atoms with Crippen LogP contribution in [0.3, 0.4) is 0 Å². The van der Waals surface area contributed by atoms with E-state index in [0.717, 1.165) is 30.6 Å². The molecule has 21 heavy (non-hydrogen) atoms. The topological polar surface area (TPSA) is 20.3 Å². The van der Waals surface area contributed by atoms with E-state index in [0.29, 0.717) is 0 Å². The summed E-state index contributed by atoms with van der Waals surface area (Å²) in [6, 6.07) is 20.1. The molecule has 0 aliphatic carbocycles. The second-order valence-electron chi connectivity index (χ2n) is 4.92. The third-order valence-corrected chi connectivity index (χ3v) is 3.28. The molecule has 0 saturated heterocycles. The fourth-order valence-electron chi connectivity index (χ4n) is 2.17. The molecule has 3 heteroatoms. The molecule has 2 nitrogen and oxygen atoms in total. The molecule has 0 aliphatic rings. The van der Waals surface area contributed by atoms with Crippen molar-refractivity contribution < 1.29 is 4.79 Å². The zero-order valence-corrected chi connectivity index (χ0v) is 13.0. The van der Waals surface area contributed by atoms with Gasteiger partial charge in [0.15, 0.2) is 0 Å². The maximum Gasteiger partial charge on any atom is 0.128 e. The predicted octanol–water partition coefficient (Wildman–Crippen LogP) is 3.85. The van der Waals surface area contributed by atoms with Crippen LogP contribution in [0.15, 0.2) is 60.7 Å². The van der Waals surface area contributed by atoms with E-state index in [-0.39, 0.29) is 12.4 Å². The third kappa shape index (κ3) is 5.57. The summed E-state index contributed by atoms with van der Waals surface area (Å²) < 4.78 is 0. The van der Waals surface area contributed by atoms with E-state index in [1.165, 1.54) is 5.56 Å². The average molecular weight is 302 g/mol. The van der Waals surface area contributed by atoms with Gasteiger partial charge in [-0.2, -0.15) is 0 Å². The first kappa shape index (κ1) is 17.2. The molecule has 0 atom stereocenters. The number of halogens is 1. The van der Waals surface area contributed by atoms with Crippen LogP contribution in [0.25, 0.3) is 5.57 Å². The molecular formula is C18H20ClNO. The summed E-state index contributed by atoms with van der Waals surface area (Å²) in [5, 5.41) is 0. The van der Waals surface area contributed by atoms with Crippen molar-refractivity contribution in [2.45, 2.75) is 13.0 Å². The van der Waals surface area contributed by atoms with Gasteiger partial charge < -0.3 is 4.90 Å². The molecule has 0 saturated carbocycles. The minimum absolute atomic E-state index is 0. The Kier molecular flexibility index (Phi) is 7.49. The first-order valence-corrected chi connectivity index (χ1v) is 6.81. The molecule has 2 aromatic carbocycles. The van der Waals surface area contributed by atoms with Crippen molar-refractivity contribution in [1.29, 1.82) is 0 Å². The Hall–Kier alpha value is -1.86. The molecule has 0 amide bonds. The first-order valence-electron chi connectivity index (χ1n) is 6.81. The van der Waals surface area contributed by atoms with Gasteiger partial charge in [-0.25, -0.2) is 4.79 Å². The highest BCUT2D eigenvalue weighted by atomic mass is 35.5.